The van der Waals surface area contributed by atoms with Crippen LogP contribution in [0.4, 0.5) is 0 Å². The Morgan fingerprint density at radius 3 is 2.55 bits per heavy atom. The molecule has 2 aliphatic heterocycles. The van der Waals surface area contributed by atoms with E-state index in [9.17, 15) is 0 Å². The molecule has 0 saturated carbocycles. The van der Waals surface area contributed by atoms with Crippen LogP contribution in [0.25, 0.3) is 0 Å². The summed E-state index contributed by atoms with van der Waals surface area (Å²) < 4.78 is 0. The number of benzene rings is 1. The van der Waals surface area contributed by atoms with Gasteiger partial charge in [0.05, 0.1) is 0 Å². The van der Waals surface area contributed by atoms with Gasteiger partial charge in [-0.25, -0.2) is 0 Å². The summed E-state index contributed by atoms with van der Waals surface area (Å²) in [5.41, 5.74) is 1.44. The van der Waals surface area contributed by atoms with Crippen molar-refractivity contribution >= 4 is 0 Å². The van der Waals surface area contributed by atoms with Crippen molar-refractivity contribution in [1.29, 1.82) is 0 Å². The van der Waals surface area contributed by atoms with Gasteiger partial charge in [-0.15, -0.1) is 0 Å². The van der Waals surface area contributed by atoms with E-state index in [2.05, 4.69) is 52.5 Å². The fourth-order valence-corrected chi connectivity index (χ4v) is 3.52. The van der Waals surface area contributed by atoms with E-state index >= 15 is 0 Å². The van der Waals surface area contributed by atoms with Gasteiger partial charge in [0.2, 0.25) is 0 Å². The third-order valence-electron chi connectivity index (χ3n) is 4.67. The highest BCUT2D eigenvalue weighted by Gasteiger charge is 2.25. The smallest absolute Gasteiger partial charge is 0.0451 e. The second-order valence-corrected chi connectivity index (χ2v) is 6.39. The molecule has 0 aliphatic carbocycles. The highest BCUT2D eigenvalue weighted by Crippen LogP contribution is 2.20. The SMILES string of the molecule is CN1CC[C@H](N[C@@H](CN2CCCC2)c2ccccc2)C1. The lowest BCUT2D eigenvalue weighted by molar-refractivity contribution is 0.277. The topological polar surface area (TPSA) is 18.5 Å². The van der Waals surface area contributed by atoms with Crippen molar-refractivity contribution in [2.45, 2.75) is 31.3 Å². The first-order chi connectivity index (χ1) is 9.81. The fourth-order valence-electron chi connectivity index (χ4n) is 3.52. The van der Waals surface area contributed by atoms with Crippen molar-refractivity contribution in [3.05, 3.63) is 35.9 Å². The van der Waals surface area contributed by atoms with E-state index in [0.29, 0.717) is 12.1 Å². The van der Waals surface area contributed by atoms with E-state index in [1.54, 1.807) is 0 Å². The minimum atomic E-state index is 0.478. The monoisotopic (exact) mass is 273 g/mol. The van der Waals surface area contributed by atoms with E-state index < -0.39 is 0 Å². The zero-order valence-electron chi connectivity index (χ0n) is 12.6. The van der Waals surface area contributed by atoms with Crippen molar-refractivity contribution in [3.63, 3.8) is 0 Å². The summed E-state index contributed by atoms with van der Waals surface area (Å²) in [6.07, 6.45) is 4.02. The molecule has 1 aromatic carbocycles. The van der Waals surface area contributed by atoms with Gasteiger partial charge in [-0.3, -0.25) is 0 Å². The second-order valence-electron chi connectivity index (χ2n) is 6.39. The Hall–Kier alpha value is -0.900. The molecule has 2 fully saturated rings. The van der Waals surface area contributed by atoms with Crippen LogP contribution in [-0.2, 0) is 0 Å². The Labute approximate surface area is 123 Å². The summed E-state index contributed by atoms with van der Waals surface area (Å²) in [5.74, 6) is 0. The van der Waals surface area contributed by atoms with Crippen molar-refractivity contribution in [2.75, 3.05) is 39.8 Å². The molecule has 0 radical (unpaired) electrons. The molecule has 0 spiro atoms. The van der Waals surface area contributed by atoms with Crippen LogP contribution in [0, 0.1) is 0 Å². The average Bonchev–Trinajstić information content (AvgIpc) is 3.11. The van der Waals surface area contributed by atoms with Gasteiger partial charge in [0.1, 0.15) is 0 Å². The normalized spacial score (nSPS) is 26.1. The van der Waals surface area contributed by atoms with Crippen LogP contribution in [0.1, 0.15) is 30.9 Å². The maximum absolute atomic E-state index is 3.91. The first-order valence-corrected chi connectivity index (χ1v) is 8.03. The molecule has 0 bridgehead atoms. The maximum Gasteiger partial charge on any atom is 0.0451 e. The Bertz CT molecular complexity index is 400. The summed E-state index contributed by atoms with van der Waals surface area (Å²) in [5, 5.41) is 3.91. The molecule has 20 heavy (non-hydrogen) atoms. The van der Waals surface area contributed by atoms with Crippen LogP contribution < -0.4 is 5.32 Å². The van der Waals surface area contributed by atoms with E-state index in [0.717, 1.165) is 6.54 Å². The molecule has 2 atom stereocenters. The second kappa shape index (κ2) is 6.70. The lowest BCUT2D eigenvalue weighted by Gasteiger charge is -2.28. The van der Waals surface area contributed by atoms with Crippen LogP contribution in [0.2, 0.25) is 0 Å². The summed E-state index contributed by atoms with van der Waals surface area (Å²) in [6, 6.07) is 12.1. The number of hydrogen-bond acceptors (Lipinski definition) is 3. The summed E-state index contributed by atoms with van der Waals surface area (Å²) >= 11 is 0. The summed E-state index contributed by atoms with van der Waals surface area (Å²) in [6.45, 7) is 6.11. The third-order valence-corrected chi connectivity index (χ3v) is 4.67. The molecule has 2 heterocycles. The Balaban J connectivity index is 1.66. The maximum atomic E-state index is 3.91. The molecule has 3 rings (SSSR count). The minimum absolute atomic E-state index is 0.478. The van der Waals surface area contributed by atoms with E-state index in [4.69, 9.17) is 0 Å². The van der Waals surface area contributed by atoms with E-state index in [1.807, 2.05) is 0 Å². The molecule has 110 valence electrons. The molecular weight excluding hydrogens is 246 g/mol. The predicted octanol–water partition coefficient (Wildman–Crippen LogP) is 2.12. The fraction of sp³-hybridized carbons (Fsp3) is 0.647. The number of hydrogen-bond donors (Lipinski definition) is 1. The van der Waals surface area contributed by atoms with Gasteiger partial charge in [0.25, 0.3) is 0 Å². The largest absolute Gasteiger partial charge is 0.305 e. The van der Waals surface area contributed by atoms with Crippen LogP contribution in [0.15, 0.2) is 30.3 Å². The third kappa shape index (κ3) is 3.60. The molecule has 0 unspecified atom stereocenters. The van der Waals surface area contributed by atoms with Crippen LogP contribution in [0.3, 0.4) is 0 Å². The minimum Gasteiger partial charge on any atom is -0.305 e. The predicted molar refractivity (Wildman–Crippen MR) is 83.9 cm³/mol. The van der Waals surface area contributed by atoms with Crippen molar-refractivity contribution < 1.29 is 0 Å². The Kier molecular flexibility index (Phi) is 4.71. The van der Waals surface area contributed by atoms with Gasteiger partial charge in [-0.05, 0) is 51.5 Å². The van der Waals surface area contributed by atoms with Crippen LogP contribution >= 0.6 is 0 Å². The molecule has 3 heteroatoms. The lowest BCUT2D eigenvalue weighted by atomic mass is 10.0. The van der Waals surface area contributed by atoms with Gasteiger partial charge < -0.3 is 15.1 Å². The summed E-state index contributed by atoms with van der Waals surface area (Å²) in [4.78, 5) is 5.04. The highest BCUT2D eigenvalue weighted by molar-refractivity contribution is 5.19. The molecule has 0 aromatic heterocycles. The molecular formula is C17H27N3. The first kappa shape index (κ1) is 14.1. The quantitative estimate of drug-likeness (QED) is 0.886. The number of rotatable bonds is 5. The molecule has 1 aromatic rings. The molecule has 1 N–H and O–H groups in total. The molecule has 0 amide bonds. The number of nitrogens with zero attached hydrogens (tertiary/aromatic N) is 2. The average molecular weight is 273 g/mol. The Morgan fingerprint density at radius 2 is 1.90 bits per heavy atom. The van der Waals surface area contributed by atoms with Crippen LogP contribution in [0.5, 0.6) is 0 Å². The van der Waals surface area contributed by atoms with E-state index in [-0.39, 0.29) is 0 Å². The zero-order valence-corrected chi connectivity index (χ0v) is 12.6. The van der Waals surface area contributed by atoms with Crippen molar-refractivity contribution in [3.8, 4) is 0 Å². The molecule has 2 saturated heterocycles. The zero-order chi connectivity index (χ0) is 13.8. The highest BCUT2D eigenvalue weighted by atomic mass is 15.2. The van der Waals surface area contributed by atoms with Gasteiger partial charge >= 0.3 is 0 Å². The molecule has 3 nitrogen and oxygen atoms in total. The Morgan fingerprint density at radius 1 is 1.15 bits per heavy atom. The lowest BCUT2D eigenvalue weighted by Crippen LogP contribution is -2.40. The van der Waals surface area contributed by atoms with Gasteiger partial charge in [0, 0.05) is 25.2 Å². The first-order valence-electron chi connectivity index (χ1n) is 8.03. The van der Waals surface area contributed by atoms with Gasteiger partial charge in [-0.1, -0.05) is 30.3 Å². The number of nitrogens with one attached hydrogen (secondary N) is 1. The number of likely N-dealkylation sites (tertiary alicyclic amines) is 2. The molecule has 2 aliphatic rings. The van der Waals surface area contributed by atoms with E-state index in [1.165, 1.54) is 51.0 Å². The van der Waals surface area contributed by atoms with Gasteiger partial charge in [0.15, 0.2) is 0 Å². The number of likely N-dealkylation sites (N-methyl/N-ethyl adjacent to an activating group) is 1. The van der Waals surface area contributed by atoms with Gasteiger partial charge in [-0.2, -0.15) is 0 Å². The summed E-state index contributed by atoms with van der Waals surface area (Å²) in [7, 11) is 2.22. The van der Waals surface area contributed by atoms with Crippen molar-refractivity contribution in [2.24, 2.45) is 0 Å². The van der Waals surface area contributed by atoms with Crippen LogP contribution in [-0.4, -0.2) is 55.6 Å². The standard InChI is InChI=1S/C17H27N3/c1-19-12-9-16(13-19)18-17(14-20-10-5-6-11-20)15-7-3-2-4-8-15/h2-4,7-8,16-18H,5-6,9-14H2,1H3/t16-,17-/m0/s1. The van der Waals surface area contributed by atoms with Crippen molar-refractivity contribution in [1.82, 2.24) is 15.1 Å².